The summed E-state index contributed by atoms with van der Waals surface area (Å²) >= 11 is 0. The Morgan fingerprint density at radius 3 is 0.947 bits per heavy atom. The highest BCUT2D eigenvalue weighted by atomic mass is 19.1. The van der Waals surface area contributed by atoms with Crippen molar-refractivity contribution in [2.75, 3.05) is 13.2 Å². The van der Waals surface area contributed by atoms with E-state index in [0.29, 0.717) is 45.1 Å². The molecule has 2 N–H and O–H groups in total. The fourth-order valence-corrected chi connectivity index (χ4v) is 14.9. The molecule has 8 aromatic carbocycles. The van der Waals surface area contributed by atoms with Gasteiger partial charge in [0.15, 0.2) is 0 Å². The predicted molar refractivity (Wildman–Crippen MR) is 399 cm³/mol. The molecular weight excluding hydrogens is 1170 g/mol. The zero-order valence-corrected chi connectivity index (χ0v) is 61.6. The Balaban J connectivity index is 1.08. The van der Waals surface area contributed by atoms with Gasteiger partial charge in [0.2, 0.25) is 0 Å². The highest BCUT2D eigenvalue weighted by molar-refractivity contribution is 6.11. The van der Waals surface area contributed by atoms with E-state index in [9.17, 15) is 10.2 Å². The Bertz CT molecular complexity index is 4100. The maximum Gasteiger partial charge on any atom is 0.147 e. The van der Waals surface area contributed by atoms with Crippen LogP contribution in [-0.4, -0.2) is 32.6 Å². The van der Waals surface area contributed by atoms with Crippen LogP contribution in [0.15, 0.2) is 133 Å². The second-order valence-corrected chi connectivity index (χ2v) is 35.5. The van der Waals surface area contributed by atoms with Crippen molar-refractivity contribution in [3.8, 4) is 56.6 Å². The molecule has 0 fully saturated rings. The summed E-state index contributed by atoms with van der Waals surface area (Å²) in [5, 5.41) is 30.8. The smallest absolute Gasteiger partial charge is 0.147 e. The summed E-state index contributed by atoms with van der Waals surface area (Å²) in [7, 11) is 0. The van der Waals surface area contributed by atoms with Gasteiger partial charge in [0.1, 0.15) is 34.6 Å². The quantitative estimate of drug-likeness (QED) is 0.0953. The maximum absolute atomic E-state index is 16.2. The topological polar surface area (TPSA) is 68.8 Å². The summed E-state index contributed by atoms with van der Waals surface area (Å²) in [4.78, 5) is 0. The minimum absolute atomic E-state index is 0.0174. The molecule has 0 aliphatic carbocycles. The molecule has 2 heterocycles. The third-order valence-electron chi connectivity index (χ3n) is 19.5. The van der Waals surface area contributed by atoms with Crippen LogP contribution in [-0.2, 0) is 32.5 Å². The van der Waals surface area contributed by atoms with Crippen LogP contribution in [0.2, 0.25) is 0 Å². The van der Waals surface area contributed by atoms with E-state index in [1.165, 1.54) is 46.5 Å². The fraction of sp³-hybridized carbons (Fsp3) is 0.448. The highest BCUT2D eigenvalue weighted by Gasteiger charge is 2.34. The largest absolute Gasteiger partial charge is 0.505 e. The molecule has 0 atom stereocenters. The first kappa shape index (κ1) is 70.2. The van der Waals surface area contributed by atoms with Crippen LogP contribution in [0.4, 0.5) is 8.78 Å². The summed E-state index contributed by atoms with van der Waals surface area (Å²) in [5.41, 5.74) is 12.5. The van der Waals surface area contributed by atoms with E-state index >= 15 is 8.78 Å². The van der Waals surface area contributed by atoms with E-state index in [2.05, 4.69) is 253 Å². The van der Waals surface area contributed by atoms with Gasteiger partial charge in [-0.3, -0.25) is 0 Å². The van der Waals surface area contributed by atoms with Crippen molar-refractivity contribution >= 4 is 43.6 Å². The normalized spacial score (nSPS) is 13.4. The first-order valence-electron chi connectivity index (χ1n) is 34.7. The van der Waals surface area contributed by atoms with Gasteiger partial charge in [-0.15, -0.1) is 0 Å². The summed E-state index contributed by atoms with van der Waals surface area (Å²) in [6.07, 6.45) is 4.22. The van der Waals surface area contributed by atoms with Crippen LogP contribution in [0, 0.1) is 28.4 Å². The Morgan fingerprint density at radius 1 is 0.368 bits per heavy atom. The van der Waals surface area contributed by atoms with Gasteiger partial charge in [0.25, 0.3) is 0 Å². The molecule has 0 bridgehead atoms. The fourth-order valence-electron chi connectivity index (χ4n) is 14.9. The molecule has 0 unspecified atom stereocenters. The number of unbranched alkanes of at least 4 members (excludes halogenated alkanes) is 1. The number of aromatic nitrogens is 2. The van der Waals surface area contributed by atoms with Crippen LogP contribution in [0.5, 0.6) is 23.0 Å². The van der Waals surface area contributed by atoms with E-state index in [1.807, 2.05) is 12.1 Å². The molecule has 0 aliphatic rings. The molecular formula is C87H108F2N2O4. The Hall–Kier alpha value is -7.58. The molecule has 10 aromatic rings. The van der Waals surface area contributed by atoms with Crippen LogP contribution < -0.4 is 9.47 Å². The number of phenols is 2. The van der Waals surface area contributed by atoms with Gasteiger partial charge in [-0.25, -0.2) is 8.78 Å². The first-order valence-corrected chi connectivity index (χ1v) is 34.7. The Labute approximate surface area is 567 Å². The summed E-state index contributed by atoms with van der Waals surface area (Å²) in [6, 6.07) is 44.3. The van der Waals surface area contributed by atoms with Crippen LogP contribution in [0.25, 0.3) is 77.2 Å². The molecule has 6 nitrogen and oxygen atoms in total. The van der Waals surface area contributed by atoms with Gasteiger partial charge in [0.05, 0.1) is 46.7 Å². The second-order valence-electron chi connectivity index (χ2n) is 35.5. The molecule has 0 saturated carbocycles. The lowest BCUT2D eigenvalue weighted by molar-refractivity contribution is 0.168. The molecule has 0 amide bonds. The number of rotatable bonds is 17. The van der Waals surface area contributed by atoms with E-state index in [4.69, 9.17) is 9.47 Å². The van der Waals surface area contributed by atoms with Gasteiger partial charge < -0.3 is 28.8 Å². The summed E-state index contributed by atoms with van der Waals surface area (Å²) in [6.45, 7) is 51.9. The number of nitrogens with zero attached hydrogens (tertiary/aromatic N) is 2. The maximum atomic E-state index is 16.2. The minimum atomic E-state index is -0.455. The monoisotopic (exact) mass is 1280 g/mol. The molecule has 2 aromatic heterocycles. The average molecular weight is 1280 g/mol. The lowest BCUT2D eigenvalue weighted by Crippen LogP contribution is -2.25. The molecule has 0 aliphatic heterocycles. The number of phenolic OH excluding ortho intramolecular Hbond substituents is 2. The molecule has 0 saturated heterocycles. The second kappa shape index (κ2) is 25.1. The van der Waals surface area contributed by atoms with Gasteiger partial charge in [-0.05, 0) is 205 Å². The van der Waals surface area contributed by atoms with Crippen molar-refractivity contribution in [3.63, 3.8) is 0 Å². The van der Waals surface area contributed by atoms with Crippen molar-refractivity contribution in [1.29, 1.82) is 0 Å². The summed E-state index contributed by atoms with van der Waals surface area (Å²) < 4.78 is 50.7. The molecule has 8 heteroatoms. The van der Waals surface area contributed by atoms with E-state index in [0.717, 1.165) is 86.8 Å². The van der Waals surface area contributed by atoms with Gasteiger partial charge in [0, 0.05) is 49.7 Å². The first-order chi connectivity index (χ1) is 43.9. The van der Waals surface area contributed by atoms with E-state index in [1.54, 1.807) is 12.1 Å². The van der Waals surface area contributed by atoms with Crippen molar-refractivity contribution < 1.29 is 28.5 Å². The van der Waals surface area contributed by atoms with Crippen molar-refractivity contribution in [2.45, 2.75) is 224 Å². The van der Waals surface area contributed by atoms with Crippen molar-refractivity contribution in [1.82, 2.24) is 9.13 Å². The van der Waals surface area contributed by atoms with Gasteiger partial charge in [-0.2, -0.15) is 0 Å². The SMILES string of the molecule is CCCCC(COc1ccc(F)cc1-c1cc(C(C)(C)CC(C)(C)C)cc(-n2c3ccc(C(C)(C)C)cc3c3cc(C(C)(C)C)ccc32)c1O)COc1ccc(F)cc1-c1cc(C(C)(C)CC(C)(C)C)cc(-n2c3ccc(C(C)(C)C)cc3c3cc(C(C)(C)C)ccc32)c1O. The number of hydrogen-bond acceptors (Lipinski definition) is 4. The number of fused-ring (bicyclic) bond motifs is 6. The Kier molecular flexibility index (Phi) is 18.6. The predicted octanol–water partition coefficient (Wildman–Crippen LogP) is 24.8. The standard InChI is InChI=1S/C87H108F2N2O4/c1-24-25-26-53(49-94-76-37-31-60(88)47-66(76)68-43-58(86(20,21)51-80(2,3)4)45-74(78(68)92)90-70-33-27-54(82(8,9)10)39-62(70)63-40-55(83(11,12)13)28-34-71(63)90)50-95-77-38-32-61(89)48-67(77)69-44-59(87(22,23)52-81(5,6)7)46-75(79(69)93)91-72-35-29-56(84(14,15)16)41-64(72)65-42-57(85(17,18)19)30-36-73(65)91/h27-48,53,92-93H,24-26,49-52H2,1-23H3. The average Bonchev–Trinajstić information content (AvgIpc) is 1.61. The molecule has 95 heavy (non-hydrogen) atoms. The zero-order chi connectivity index (χ0) is 69.7. The lowest BCUT2D eigenvalue weighted by atomic mass is 9.71. The molecule has 10 rings (SSSR count). The van der Waals surface area contributed by atoms with Crippen LogP contribution in [0.3, 0.4) is 0 Å². The van der Waals surface area contributed by atoms with Crippen molar-refractivity contribution in [2.24, 2.45) is 16.7 Å². The molecule has 504 valence electrons. The molecule has 0 radical (unpaired) electrons. The number of hydrogen-bond donors (Lipinski definition) is 2. The number of benzene rings is 8. The van der Waals surface area contributed by atoms with E-state index in [-0.39, 0.29) is 74.0 Å². The number of ether oxygens (including phenoxy) is 2. The van der Waals surface area contributed by atoms with Gasteiger partial charge in [-0.1, -0.05) is 196 Å². The number of aromatic hydroxyl groups is 2. The Morgan fingerprint density at radius 2 is 0.674 bits per heavy atom. The van der Waals surface area contributed by atoms with E-state index < -0.39 is 11.6 Å². The highest BCUT2D eigenvalue weighted by Crippen LogP contribution is 2.51. The van der Waals surface area contributed by atoms with Crippen LogP contribution >= 0.6 is 0 Å². The van der Waals surface area contributed by atoms with Crippen LogP contribution in [0.1, 0.15) is 225 Å². The van der Waals surface area contributed by atoms with Crippen molar-refractivity contribution in [3.05, 3.63) is 178 Å². The summed E-state index contributed by atoms with van der Waals surface area (Å²) in [5.74, 6) is -0.207. The lowest BCUT2D eigenvalue weighted by Gasteiger charge is -2.34. The minimum Gasteiger partial charge on any atom is -0.505 e. The third-order valence-corrected chi connectivity index (χ3v) is 19.5. The molecule has 0 spiro atoms. The number of halogens is 2. The zero-order valence-electron chi connectivity index (χ0n) is 61.6. The third kappa shape index (κ3) is 14.7. The van der Waals surface area contributed by atoms with Gasteiger partial charge >= 0.3 is 0 Å².